The first-order valence-corrected chi connectivity index (χ1v) is 8.41. The molecular formula is C17H38N2. The second-order valence-electron chi connectivity index (χ2n) is 6.89. The molecular weight excluding hydrogens is 232 g/mol. The molecule has 2 heteroatoms. The van der Waals surface area contributed by atoms with E-state index < -0.39 is 0 Å². The van der Waals surface area contributed by atoms with E-state index in [-0.39, 0.29) is 5.41 Å². The van der Waals surface area contributed by atoms with Crippen molar-refractivity contribution in [3.63, 3.8) is 0 Å². The van der Waals surface area contributed by atoms with Gasteiger partial charge in [-0.3, -0.25) is 0 Å². The van der Waals surface area contributed by atoms with E-state index in [1.54, 1.807) is 0 Å². The number of nitrogens with two attached hydrogens (primary N) is 1. The van der Waals surface area contributed by atoms with Crippen LogP contribution in [-0.4, -0.2) is 30.6 Å². The van der Waals surface area contributed by atoms with Crippen LogP contribution < -0.4 is 5.73 Å². The molecule has 2 nitrogen and oxygen atoms in total. The van der Waals surface area contributed by atoms with Crippen molar-refractivity contribution in [3.05, 3.63) is 0 Å². The molecule has 0 amide bonds. The van der Waals surface area contributed by atoms with Gasteiger partial charge < -0.3 is 10.6 Å². The largest absolute Gasteiger partial charge is 0.330 e. The third-order valence-electron chi connectivity index (χ3n) is 4.04. The molecule has 0 fully saturated rings. The zero-order valence-corrected chi connectivity index (χ0v) is 14.2. The summed E-state index contributed by atoms with van der Waals surface area (Å²) in [5.41, 5.74) is 6.12. The Morgan fingerprint density at radius 1 is 1.00 bits per heavy atom. The van der Waals surface area contributed by atoms with Crippen molar-refractivity contribution in [2.75, 3.05) is 19.6 Å². The van der Waals surface area contributed by atoms with E-state index >= 15 is 0 Å². The number of rotatable bonds is 12. The van der Waals surface area contributed by atoms with E-state index in [4.69, 9.17) is 5.73 Å². The molecule has 0 spiro atoms. The Morgan fingerprint density at radius 3 is 2.16 bits per heavy atom. The second kappa shape index (κ2) is 10.7. The molecule has 0 saturated heterocycles. The van der Waals surface area contributed by atoms with Crippen LogP contribution in [0.5, 0.6) is 0 Å². The molecule has 19 heavy (non-hydrogen) atoms. The van der Waals surface area contributed by atoms with E-state index in [1.807, 2.05) is 0 Å². The minimum absolute atomic E-state index is 0.242. The zero-order chi connectivity index (χ0) is 14.7. The monoisotopic (exact) mass is 270 g/mol. The van der Waals surface area contributed by atoms with Gasteiger partial charge in [-0.25, -0.2) is 0 Å². The quantitative estimate of drug-likeness (QED) is 0.531. The van der Waals surface area contributed by atoms with Crippen LogP contribution in [0.25, 0.3) is 0 Å². The molecule has 0 aromatic carbocycles. The summed E-state index contributed by atoms with van der Waals surface area (Å²) in [6, 6.07) is 0.701. The molecule has 0 heterocycles. The molecule has 0 aromatic heterocycles. The minimum Gasteiger partial charge on any atom is -0.330 e. The van der Waals surface area contributed by atoms with E-state index in [0.29, 0.717) is 6.04 Å². The number of hydrogen-bond acceptors (Lipinski definition) is 2. The molecule has 0 saturated carbocycles. The van der Waals surface area contributed by atoms with Gasteiger partial charge in [-0.2, -0.15) is 0 Å². The first-order valence-electron chi connectivity index (χ1n) is 8.41. The van der Waals surface area contributed by atoms with E-state index in [1.165, 1.54) is 51.5 Å². The number of hydrogen-bond donors (Lipinski definition) is 1. The molecule has 116 valence electrons. The van der Waals surface area contributed by atoms with Gasteiger partial charge in [0.05, 0.1) is 0 Å². The van der Waals surface area contributed by atoms with Gasteiger partial charge in [-0.1, -0.05) is 59.8 Å². The summed E-state index contributed by atoms with van der Waals surface area (Å²) in [6.07, 6.45) is 9.49. The van der Waals surface area contributed by atoms with Crippen LogP contribution in [0.1, 0.15) is 79.6 Å². The third kappa shape index (κ3) is 9.45. The van der Waals surface area contributed by atoms with Crippen molar-refractivity contribution in [1.82, 2.24) is 4.90 Å². The van der Waals surface area contributed by atoms with Gasteiger partial charge in [0, 0.05) is 12.6 Å². The maximum atomic E-state index is 5.88. The fourth-order valence-corrected chi connectivity index (χ4v) is 2.58. The molecule has 0 aliphatic heterocycles. The molecule has 0 aliphatic rings. The molecule has 0 radical (unpaired) electrons. The van der Waals surface area contributed by atoms with Crippen molar-refractivity contribution < 1.29 is 0 Å². The normalized spacial score (nSPS) is 14.1. The van der Waals surface area contributed by atoms with Crippen LogP contribution in [-0.2, 0) is 0 Å². The Hall–Kier alpha value is -0.0800. The lowest BCUT2D eigenvalue weighted by Gasteiger charge is -2.36. The Morgan fingerprint density at radius 2 is 1.63 bits per heavy atom. The van der Waals surface area contributed by atoms with Gasteiger partial charge in [-0.15, -0.1) is 0 Å². The SMILES string of the molecule is CCCCCCCC(C)N(CCC)CC(C)(C)CN. The summed E-state index contributed by atoms with van der Waals surface area (Å²) >= 11 is 0. The van der Waals surface area contributed by atoms with Crippen molar-refractivity contribution in [2.45, 2.75) is 85.6 Å². The maximum absolute atomic E-state index is 5.88. The molecule has 1 atom stereocenters. The Bertz CT molecular complexity index is 201. The molecule has 0 aliphatic carbocycles. The fraction of sp³-hybridized carbons (Fsp3) is 1.00. The standard InChI is InChI=1S/C17H38N2/c1-6-8-9-10-11-12-16(3)19(13-7-2)15-17(4,5)14-18/h16H,6-15,18H2,1-5H3. The van der Waals surface area contributed by atoms with Gasteiger partial charge >= 0.3 is 0 Å². The fourth-order valence-electron chi connectivity index (χ4n) is 2.58. The Labute approximate surface area is 122 Å². The highest BCUT2D eigenvalue weighted by Crippen LogP contribution is 2.19. The smallest absolute Gasteiger partial charge is 0.00671 e. The van der Waals surface area contributed by atoms with Crippen molar-refractivity contribution >= 4 is 0 Å². The summed E-state index contributed by atoms with van der Waals surface area (Å²) in [6.45, 7) is 14.6. The van der Waals surface area contributed by atoms with Gasteiger partial charge in [-0.05, 0) is 38.3 Å². The van der Waals surface area contributed by atoms with Gasteiger partial charge in [0.1, 0.15) is 0 Å². The first-order chi connectivity index (χ1) is 8.96. The van der Waals surface area contributed by atoms with Crippen LogP contribution in [0, 0.1) is 5.41 Å². The lowest BCUT2D eigenvalue weighted by molar-refractivity contribution is 0.133. The van der Waals surface area contributed by atoms with Crippen LogP contribution in [0.15, 0.2) is 0 Å². The van der Waals surface area contributed by atoms with Crippen LogP contribution in [0.3, 0.4) is 0 Å². The Balaban J connectivity index is 4.07. The molecule has 0 bridgehead atoms. The summed E-state index contributed by atoms with van der Waals surface area (Å²) in [4.78, 5) is 2.65. The minimum atomic E-state index is 0.242. The third-order valence-corrected chi connectivity index (χ3v) is 4.04. The predicted molar refractivity (Wildman–Crippen MR) is 87.5 cm³/mol. The maximum Gasteiger partial charge on any atom is 0.00671 e. The summed E-state index contributed by atoms with van der Waals surface area (Å²) in [5.74, 6) is 0. The van der Waals surface area contributed by atoms with Crippen LogP contribution in [0.2, 0.25) is 0 Å². The van der Waals surface area contributed by atoms with Crippen molar-refractivity contribution in [3.8, 4) is 0 Å². The van der Waals surface area contributed by atoms with E-state index in [9.17, 15) is 0 Å². The molecule has 2 N–H and O–H groups in total. The lowest BCUT2D eigenvalue weighted by atomic mass is 9.92. The molecule has 0 aromatic rings. The summed E-state index contributed by atoms with van der Waals surface area (Å²) in [7, 11) is 0. The second-order valence-corrected chi connectivity index (χ2v) is 6.89. The van der Waals surface area contributed by atoms with Crippen molar-refractivity contribution in [1.29, 1.82) is 0 Å². The van der Waals surface area contributed by atoms with Crippen LogP contribution >= 0.6 is 0 Å². The average Bonchev–Trinajstić information content (AvgIpc) is 2.37. The highest BCUT2D eigenvalue weighted by Gasteiger charge is 2.22. The Kier molecular flexibility index (Phi) is 10.6. The molecule has 1 unspecified atom stereocenters. The molecule has 0 rings (SSSR count). The lowest BCUT2D eigenvalue weighted by Crippen LogP contribution is -2.43. The van der Waals surface area contributed by atoms with Gasteiger partial charge in [0.2, 0.25) is 0 Å². The first kappa shape index (κ1) is 18.9. The predicted octanol–water partition coefficient (Wildman–Crippen LogP) is 4.43. The number of unbranched alkanes of at least 4 members (excludes halogenated alkanes) is 4. The highest BCUT2D eigenvalue weighted by molar-refractivity contribution is 4.78. The van der Waals surface area contributed by atoms with E-state index in [0.717, 1.165) is 13.1 Å². The van der Waals surface area contributed by atoms with Gasteiger partial charge in [0.25, 0.3) is 0 Å². The van der Waals surface area contributed by atoms with Crippen LogP contribution in [0.4, 0.5) is 0 Å². The summed E-state index contributed by atoms with van der Waals surface area (Å²) in [5, 5.41) is 0. The summed E-state index contributed by atoms with van der Waals surface area (Å²) < 4.78 is 0. The van der Waals surface area contributed by atoms with E-state index in [2.05, 4.69) is 39.5 Å². The topological polar surface area (TPSA) is 29.3 Å². The highest BCUT2D eigenvalue weighted by atomic mass is 15.2. The van der Waals surface area contributed by atoms with Gasteiger partial charge in [0.15, 0.2) is 0 Å². The average molecular weight is 271 g/mol. The van der Waals surface area contributed by atoms with Crippen molar-refractivity contribution in [2.24, 2.45) is 11.1 Å². The zero-order valence-electron chi connectivity index (χ0n) is 14.2. The number of nitrogens with zero attached hydrogens (tertiary/aromatic N) is 1.